The van der Waals surface area contributed by atoms with Gasteiger partial charge in [-0.15, -0.1) is 0 Å². The summed E-state index contributed by atoms with van der Waals surface area (Å²) < 4.78 is 0. The Bertz CT molecular complexity index is 495. The highest BCUT2D eigenvalue weighted by Gasteiger charge is 2.23. The summed E-state index contributed by atoms with van der Waals surface area (Å²) in [6, 6.07) is 8.48. The van der Waals surface area contributed by atoms with Crippen LogP contribution in [0.15, 0.2) is 29.3 Å². The third-order valence-electron chi connectivity index (χ3n) is 3.74. The van der Waals surface area contributed by atoms with Crippen LogP contribution in [-0.4, -0.2) is 50.7 Å². The lowest BCUT2D eigenvalue weighted by atomic mass is 10.2. The molecule has 0 saturated carbocycles. The van der Waals surface area contributed by atoms with Crippen molar-refractivity contribution in [3.8, 4) is 0 Å². The second-order valence-corrected chi connectivity index (χ2v) is 6.82. The minimum Gasteiger partial charge on any atom is -0.369 e. The fourth-order valence-electron chi connectivity index (χ4n) is 2.60. The van der Waals surface area contributed by atoms with E-state index in [1.807, 2.05) is 37.0 Å². The quantitative estimate of drug-likeness (QED) is 0.474. The molecule has 1 aromatic carbocycles. The maximum absolute atomic E-state index is 6.08. The summed E-state index contributed by atoms with van der Waals surface area (Å²) in [5.74, 6) is 2.08. The molecule has 1 unspecified atom stereocenters. The van der Waals surface area contributed by atoms with Crippen LogP contribution in [0.5, 0.6) is 0 Å². The standard InChI is InChI=1S/C16H25ClN4S/c1-18-16(19-8-4-10-22-2)20-14-7-9-21(12-14)15-6-3-5-13(17)11-15/h3,5-6,11,14H,4,7-10,12H2,1-2H3,(H2,18,19,20). The van der Waals surface area contributed by atoms with Crippen LogP contribution in [-0.2, 0) is 0 Å². The molecule has 0 spiro atoms. The normalized spacial score (nSPS) is 18.6. The van der Waals surface area contributed by atoms with Crippen LogP contribution in [0.4, 0.5) is 5.69 Å². The van der Waals surface area contributed by atoms with E-state index < -0.39 is 0 Å². The third-order valence-corrected chi connectivity index (χ3v) is 4.68. The van der Waals surface area contributed by atoms with Crippen LogP contribution in [0.3, 0.4) is 0 Å². The largest absolute Gasteiger partial charge is 0.369 e. The maximum Gasteiger partial charge on any atom is 0.191 e. The molecule has 0 amide bonds. The smallest absolute Gasteiger partial charge is 0.191 e. The van der Waals surface area contributed by atoms with Crippen LogP contribution in [0.1, 0.15) is 12.8 Å². The molecule has 0 aromatic heterocycles. The van der Waals surface area contributed by atoms with Gasteiger partial charge in [0.25, 0.3) is 0 Å². The van der Waals surface area contributed by atoms with Crippen molar-refractivity contribution in [2.45, 2.75) is 18.9 Å². The molecule has 2 rings (SSSR count). The number of aliphatic imine (C=N–C) groups is 1. The zero-order valence-corrected chi connectivity index (χ0v) is 14.9. The van der Waals surface area contributed by atoms with Gasteiger partial charge in [0.15, 0.2) is 5.96 Å². The molecule has 1 aliphatic heterocycles. The van der Waals surface area contributed by atoms with E-state index in [9.17, 15) is 0 Å². The monoisotopic (exact) mass is 340 g/mol. The van der Waals surface area contributed by atoms with Crippen molar-refractivity contribution >= 4 is 35.0 Å². The van der Waals surface area contributed by atoms with Gasteiger partial charge in [0.05, 0.1) is 0 Å². The van der Waals surface area contributed by atoms with E-state index in [2.05, 4.69) is 32.8 Å². The fraction of sp³-hybridized carbons (Fsp3) is 0.562. The Morgan fingerprint density at radius 1 is 1.50 bits per heavy atom. The molecule has 1 saturated heterocycles. The van der Waals surface area contributed by atoms with Crippen molar-refractivity contribution < 1.29 is 0 Å². The first-order valence-corrected chi connectivity index (χ1v) is 9.46. The molecule has 1 aliphatic rings. The second kappa shape index (κ2) is 9.16. The Hall–Kier alpha value is -1.07. The van der Waals surface area contributed by atoms with Crippen molar-refractivity contribution in [3.05, 3.63) is 29.3 Å². The topological polar surface area (TPSA) is 39.7 Å². The van der Waals surface area contributed by atoms with Gasteiger partial charge in [-0.05, 0) is 43.0 Å². The van der Waals surface area contributed by atoms with E-state index in [0.29, 0.717) is 6.04 Å². The zero-order valence-electron chi connectivity index (χ0n) is 13.3. The highest BCUT2D eigenvalue weighted by atomic mass is 35.5. The van der Waals surface area contributed by atoms with Gasteiger partial charge in [-0.3, -0.25) is 4.99 Å². The molecule has 1 heterocycles. The van der Waals surface area contributed by atoms with E-state index in [-0.39, 0.29) is 0 Å². The molecule has 122 valence electrons. The first kappa shape index (κ1) is 17.3. The van der Waals surface area contributed by atoms with Gasteiger partial charge in [0.1, 0.15) is 0 Å². The highest BCUT2D eigenvalue weighted by molar-refractivity contribution is 7.98. The summed E-state index contributed by atoms with van der Waals surface area (Å²) >= 11 is 7.95. The third kappa shape index (κ3) is 5.29. The highest BCUT2D eigenvalue weighted by Crippen LogP contribution is 2.23. The number of anilines is 1. The number of hydrogen-bond acceptors (Lipinski definition) is 3. The summed E-state index contributed by atoms with van der Waals surface area (Å²) in [5.41, 5.74) is 1.19. The molecule has 22 heavy (non-hydrogen) atoms. The van der Waals surface area contributed by atoms with E-state index in [0.717, 1.165) is 43.5 Å². The van der Waals surface area contributed by atoms with E-state index in [4.69, 9.17) is 11.6 Å². The molecule has 4 nitrogen and oxygen atoms in total. The molecule has 1 atom stereocenters. The molecule has 1 aromatic rings. The van der Waals surface area contributed by atoms with Crippen LogP contribution >= 0.6 is 23.4 Å². The van der Waals surface area contributed by atoms with Crippen molar-refractivity contribution in [3.63, 3.8) is 0 Å². The second-order valence-electron chi connectivity index (χ2n) is 5.40. The molecule has 0 aliphatic carbocycles. The molecule has 6 heteroatoms. The summed E-state index contributed by atoms with van der Waals surface area (Å²) in [5, 5.41) is 7.69. The molecule has 2 N–H and O–H groups in total. The summed E-state index contributed by atoms with van der Waals surface area (Å²) in [4.78, 5) is 6.67. The van der Waals surface area contributed by atoms with Gasteiger partial charge in [0, 0.05) is 43.4 Å². The van der Waals surface area contributed by atoms with E-state index in [1.54, 1.807) is 0 Å². The van der Waals surface area contributed by atoms with E-state index in [1.165, 1.54) is 11.4 Å². The maximum atomic E-state index is 6.08. The van der Waals surface area contributed by atoms with Gasteiger partial charge in [0.2, 0.25) is 0 Å². The lowest BCUT2D eigenvalue weighted by Crippen LogP contribution is -2.44. The summed E-state index contributed by atoms with van der Waals surface area (Å²) in [7, 11) is 1.83. The lowest BCUT2D eigenvalue weighted by Gasteiger charge is -2.20. The van der Waals surface area contributed by atoms with Crippen LogP contribution in [0.25, 0.3) is 0 Å². The van der Waals surface area contributed by atoms with Crippen molar-refractivity contribution in [2.24, 2.45) is 4.99 Å². The number of benzene rings is 1. The predicted molar refractivity (Wildman–Crippen MR) is 99.6 cm³/mol. The summed E-state index contributed by atoms with van der Waals surface area (Å²) in [6.45, 7) is 2.98. The number of nitrogens with zero attached hydrogens (tertiary/aromatic N) is 2. The minimum absolute atomic E-state index is 0.422. The number of halogens is 1. The molecule has 0 bridgehead atoms. The number of hydrogen-bond donors (Lipinski definition) is 2. The van der Waals surface area contributed by atoms with E-state index >= 15 is 0 Å². The Balaban J connectivity index is 1.80. The van der Waals surface area contributed by atoms with Gasteiger partial charge < -0.3 is 15.5 Å². The fourth-order valence-corrected chi connectivity index (χ4v) is 3.21. The Kier molecular flexibility index (Phi) is 7.19. The van der Waals surface area contributed by atoms with Gasteiger partial charge >= 0.3 is 0 Å². The predicted octanol–water partition coefficient (Wildman–Crippen LogP) is 2.84. The lowest BCUT2D eigenvalue weighted by molar-refractivity contribution is 0.647. The minimum atomic E-state index is 0.422. The Morgan fingerprint density at radius 3 is 3.09 bits per heavy atom. The van der Waals surface area contributed by atoms with Crippen molar-refractivity contribution in [2.75, 3.05) is 43.6 Å². The first-order chi connectivity index (χ1) is 10.7. The SMILES string of the molecule is CN=C(NCCCSC)NC1CCN(c2cccc(Cl)c2)C1. The van der Waals surface area contributed by atoms with Crippen molar-refractivity contribution in [1.82, 2.24) is 10.6 Å². The number of thioether (sulfide) groups is 1. The van der Waals surface area contributed by atoms with Crippen LogP contribution < -0.4 is 15.5 Å². The summed E-state index contributed by atoms with van der Waals surface area (Å²) in [6.07, 6.45) is 4.40. The number of rotatable bonds is 6. The van der Waals surface area contributed by atoms with Crippen molar-refractivity contribution in [1.29, 1.82) is 0 Å². The zero-order chi connectivity index (χ0) is 15.8. The van der Waals surface area contributed by atoms with Crippen LogP contribution in [0, 0.1) is 0 Å². The Labute approximate surface area is 142 Å². The van der Waals surface area contributed by atoms with Gasteiger partial charge in [-0.2, -0.15) is 11.8 Å². The molecule has 1 fully saturated rings. The molecular formula is C16H25ClN4S. The first-order valence-electron chi connectivity index (χ1n) is 7.69. The van der Waals surface area contributed by atoms with Crippen LogP contribution in [0.2, 0.25) is 5.02 Å². The molecular weight excluding hydrogens is 316 g/mol. The van der Waals surface area contributed by atoms with Gasteiger partial charge in [-0.25, -0.2) is 0 Å². The number of guanidine groups is 1. The average Bonchev–Trinajstić information content (AvgIpc) is 2.99. The Morgan fingerprint density at radius 2 is 2.36 bits per heavy atom. The van der Waals surface area contributed by atoms with Gasteiger partial charge in [-0.1, -0.05) is 17.7 Å². The number of nitrogens with one attached hydrogen (secondary N) is 2. The molecule has 0 radical (unpaired) electrons. The average molecular weight is 341 g/mol.